The van der Waals surface area contributed by atoms with Crippen LogP contribution in [-0.4, -0.2) is 30.8 Å². The molecule has 0 aliphatic heterocycles. The van der Waals surface area contributed by atoms with Crippen molar-refractivity contribution in [2.24, 2.45) is 0 Å². The molecule has 8 nitrogen and oxygen atoms in total. The van der Waals surface area contributed by atoms with Crippen molar-refractivity contribution in [1.82, 2.24) is 15.3 Å². The molecule has 0 spiro atoms. The predicted molar refractivity (Wildman–Crippen MR) is 94.2 cm³/mol. The molecule has 1 amide bonds. The zero-order valence-corrected chi connectivity index (χ0v) is 14.1. The number of fused-ring (bicyclic) bond motifs is 1. The van der Waals surface area contributed by atoms with E-state index >= 15 is 0 Å². The smallest absolute Gasteiger partial charge is 0.323 e. The van der Waals surface area contributed by atoms with Gasteiger partial charge in [-0.2, -0.15) is 0 Å². The van der Waals surface area contributed by atoms with Crippen molar-refractivity contribution in [2.45, 2.75) is 11.8 Å². The Morgan fingerprint density at radius 2 is 1.80 bits per heavy atom. The molecule has 2 aromatic carbocycles. The lowest BCUT2D eigenvalue weighted by Crippen LogP contribution is -2.24. The standard InChI is InChI=1S/C16H16N4O4S/c1-2-17-15(21)11-5-3-4-6-12(11)20-25(23,24)10-7-8-13-14(9-10)19-16(22)18-13/h3-9,20H,2H2,1H3,(H,17,21)(H2,18,19,22). The van der Waals surface area contributed by atoms with Gasteiger partial charge in [0.2, 0.25) is 0 Å². The highest BCUT2D eigenvalue weighted by Crippen LogP contribution is 2.21. The monoisotopic (exact) mass is 360 g/mol. The fourth-order valence-corrected chi connectivity index (χ4v) is 3.51. The van der Waals surface area contributed by atoms with Crippen molar-refractivity contribution in [3.05, 3.63) is 58.5 Å². The second kappa shape index (κ2) is 6.44. The summed E-state index contributed by atoms with van der Waals surface area (Å²) in [6.45, 7) is 2.20. The third-order valence-electron chi connectivity index (χ3n) is 3.55. The van der Waals surface area contributed by atoms with Crippen LogP contribution in [0.25, 0.3) is 11.0 Å². The van der Waals surface area contributed by atoms with Crippen LogP contribution in [0.4, 0.5) is 5.69 Å². The number of para-hydroxylation sites is 1. The molecular weight excluding hydrogens is 344 g/mol. The minimum atomic E-state index is -3.93. The Morgan fingerprint density at radius 1 is 1.08 bits per heavy atom. The van der Waals surface area contributed by atoms with Gasteiger partial charge in [-0.1, -0.05) is 12.1 Å². The number of hydrogen-bond acceptors (Lipinski definition) is 4. The Kier molecular flexibility index (Phi) is 4.32. The zero-order valence-electron chi connectivity index (χ0n) is 13.3. The van der Waals surface area contributed by atoms with Gasteiger partial charge in [0.05, 0.1) is 27.2 Å². The third-order valence-corrected chi connectivity index (χ3v) is 4.91. The Labute approximate surface area is 143 Å². The third kappa shape index (κ3) is 3.41. The molecule has 0 bridgehead atoms. The summed E-state index contributed by atoms with van der Waals surface area (Å²) in [4.78, 5) is 28.4. The number of imidazole rings is 1. The predicted octanol–water partition coefficient (Wildman–Crippen LogP) is 1.41. The fourth-order valence-electron chi connectivity index (χ4n) is 2.41. The van der Waals surface area contributed by atoms with Crippen LogP contribution in [0, 0.1) is 0 Å². The van der Waals surface area contributed by atoms with Gasteiger partial charge < -0.3 is 15.3 Å². The SMILES string of the molecule is CCNC(=O)c1ccccc1NS(=O)(=O)c1ccc2[nH]c(=O)[nH]c2c1. The van der Waals surface area contributed by atoms with Gasteiger partial charge in [-0.15, -0.1) is 0 Å². The van der Waals surface area contributed by atoms with Crippen LogP contribution < -0.4 is 15.7 Å². The van der Waals surface area contributed by atoms with E-state index in [4.69, 9.17) is 0 Å². The molecule has 0 atom stereocenters. The number of rotatable bonds is 5. The van der Waals surface area contributed by atoms with Crippen LogP contribution in [0.15, 0.2) is 52.2 Å². The lowest BCUT2D eigenvalue weighted by molar-refractivity contribution is 0.0956. The summed E-state index contributed by atoms with van der Waals surface area (Å²) in [7, 11) is -3.93. The fraction of sp³-hybridized carbons (Fsp3) is 0.125. The largest absolute Gasteiger partial charge is 0.352 e. The first kappa shape index (κ1) is 16.8. The van der Waals surface area contributed by atoms with E-state index in [2.05, 4.69) is 20.0 Å². The first-order valence-corrected chi connectivity index (χ1v) is 9.01. The van der Waals surface area contributed by atoms with Gasteiger partial charge in [0.15, 0.2) is 0 Å². The van der Waals surface area contributed by atoms with Gasteiger partial charge in [-0.05, 0) is 37.3 Å². The van der Waals surface area contributed by atoms with Crippen molar-refractivity contribution in [1.29, 1.82) is 0 Å². The van der Waals surface area contributed by atoms with Crippen LogP contribution in [-0.2, 0) is 10.0 Å². The normalized spacial score (nSPS) is 11.4. The van der Waals surface area contributed by atoms with E-state index < -0.39 is 15.7 Å². The summed E-state index contributed by atoms with van der Waals surface area (Å²) in [6.07, 6.45) is 0. The molecular formula is C16H16N4O4S. The molecule has 0 aliphatic carbocycles. The van der Waals surface area contributed by atoms with Crippen LogP contribution in [0.3, 0.4) is 0 Å². The Balaban J connectivity index is 1.98. The lowest BCUT2D eigenvalue weighted by Gasteiger charge is -2.12. The maximum Gasteiger partial charge on any atom is 0.323 e. The van der Waals surface area contributed by atoms with E-state index in [1.807, 2.05) is 0 Å². The van der Waals surface area contributed by atoms with Crippen molar-refractivity contribution < 1.29 is 13.2 Å². The molecule has 0 aliphatic rings. The molecule has 1 heterocycles. The van der Waals surface area contributed by atoms with Crippen molar-refractivity contribution in [3.63, 3.8) is 0 Å². The molecule has 130 valence electrons. The highest BCUT2D eigenvalue weighted by molar-refractivity contribution is 7.92. The van der Waals surface area contributed by atoms with Crippen LogP contribution >= 0.6 is 0 Å². The highest BCUT2D eigenvalue weighted by Gasteiger charge is 2.19. The van der Waals surface area contributed by atoms with Gasteiger partial charge in [0.1, 0.15) is 0 Å². The first-order valence-electron chi connectivity index (χ1n) is 7.53. The summed E-state index contributed by atoms with van der Waals surface area (Å²) in [5.41, 5.74) is 0.871. The molecule has 0 fully saturated rings. The van der Waals surface area contributed by atoms with E-state index in [-0.39, 0.29) is 22.1 Å². The molecule has 9 heteroatoms. The second-order valence-electron chi connectivity index (χ2n) is 5.30. The maximum atomic E-state index is 12.6. The molecule has 0 saturated heterocycles. The zero-order chi connectivity index (χ0) is 18.0. The number of amides is 1. The number of H-pyrrole nitrogens is 2. The number of sulfonamides is 1. The quantitative estimate of drug-likeness (QED) is 0.549. The Morgan fingerprint density at radius 3 is 2.56 bits per heavy atom. The maximum absolute atomic E-state index is 12.6. The number of carbonyl (C=O) groups excluding carboxylic acids is 1. The number of carbonyl (C=O) groups is 1. The van der Waals surface area contributed by atoms with Gasteiger partial charge in [-0.25, -0.2) is 13.2 Å². The van der Waals surface area contributed by atoms with Crippen LogP contribution in [0.1, 0.15) is 17.3 Å². The Bertz CT molecular complexity index is 1100. The summed E-state index contributed by atoms with van der Waals surface area (Å²) >= 11 is 0. The summed E-state index contributed by atoms with van der Waals surface area (Å²) in [5.74, 6) is -0.369. The summed E-state index contributed by atoms with van der Waals surface area (Å²) in [5, 5.41) is 2.64. The van der Waals surface area contributed by atoms with E-state index in [1.54, 1.807) is 19.1 Å². The van der Waals surface area contributed by atoms with Crippen molar-refractivity contribution >= 4 is 32.7 Å². The van der Waals surface area contributed by atoms with E-state index in [1.165, 1.54) is 30.3 Å². The average molecular weight is 360 g/mol. The minimum absolute atomic E-state index is 0.0269. The average Bonchev–Trinajstić information content (AvgIpc) is 2.94. The van der Waals surface area contributed by atoms with Crippen LogP contribution in [0.2, 0.25) is 0 Å². The number of nitrogens with one attached hydrogen (secondary N) is 4. The van der Waals surface area contributed by atoms with E-state index in [9.17, 15) is 18.0 Å². The number of aromatic nitrogens is 2. The molecule has 1 aromatic heterocycles. The van der Waals surface area contributed by atoms with Gasteiger partial charge >= 0.3 is 5.69 Å². The number of aromatic amines is 2. The van der Waals surface area contributed by atoms with E-state index in [0.29, 0.717) is 17.6 Å². The van der Waals surface area contributed by atoms with E-state index in [0.717, 1.165) is 0 Å². The van der Waals surface area contributed by atoms with Gasteiger partial charge in [0, 0.05) is 6.54 Å². The Hall–Kier alpha value is -3.07. The highest BCUT2D eigenvalue weighted by atomic mass is 32.2. The molecule has 0 saturated carbocycles. The number of anilines is 1. The summed E-state index contributed by atoms with van der Waals surface area (Å²) in [6, 6.07) is 10.6. The molecule has 25 heavy (non-hydrogen) atoms. The molecule has 0 radical (unpaired) electrons. The van der Waals surface area contributed by atoms with Gasteiger partial charge in [0.25, 0.3) is 15.9 Å². The molecule has 3 rings (SSSR count). The molecule has 3 aromatic rings. The minimum Gasteiger partial charge on any atom is -0.352 e. The van der Waals surface area contributed by atoms with Gasteiger partial charge in [-0.3, -0.25) is 9.52 Å². The first-order chi connectivity index (χ1) is 11.9. The number of hydrogen-bond donors (Lipinski definition) is 4. The van der Waals surface area contributed by atoms with Crippen molar-refractivity contribution in [3.8, 4) is 0 Å². The van der Waals surface area contributed by atoms with Crippen LogP contribution in [0.5, 0.6) is 0 Å². The topological polar surface area (TPSA) is 124 Å². The molecule has 0 unspecified atom stereocenters. The number of benzene rings is 2. The molecule has 4 N–H and O–H groups in total. The summed E-state index contributed by atoms with van der Waals surface area (Å²) < 4.78 is 27.7. The lowest BCUT2D eigenvalue weighted by atomic mass is 10.2. The van der Waals surface area contributed by atoms with Crippen molar-refractivity contribution in [2.75, 3.05) is 11.3 Å². The second-order valence-corrected chi connectivity index (χ2v) is 6.98.